The van der Waals surface area contributed by atoms with Gasteiger partial charge in [-0.25, -0.2) is 0 Å². The second-order valence-corrected chi connectivity index (χ2v) is 9.40. The monoisotopic (exact) mass is 450 g/mol. The number of aryl methyl sites for hydroxylation is 2. The molecule has 0 saturated carbocycles. The van der Waals surface area contributed by atoms with Crippen molar-refractivity contribution in [2.45, 2.75) is 52.0 Å². The highest BCUT2D eigenvalue weighted by Gasteiger charge is 2.41. The van der Waals surface area contributed by atoms with E-state index in [-0.39, 0.29) is 17.6 Å². The molecule has 5 rings (SSSR count). The zero-order valence-corrected chi connectivity index (χ0v) is 20.0. The summed E-state index contributed by atoms with van der Waals surface area (Å²) in [6.07, 6.45) is 1.53. The second kappa shape index (κ2) is 8.94. The summed E-state index contributed by atoms with van der Waals surface area (Å²) in [6.45, 7) is 6.00. The molecule has 3 aromatic carbocycles. The van der Waals surface area contributed by atoms with Gasteiger partial charge in [0.1, 0.15) is 0 Å². The number of benzene rings is 3. The van der Waals surface area contributed by atoms with Crippen LogP contribution in [0.5, 0.6) is 0 Å². The van der Waals surface area contributed by atoms with Crippen LogP contribution in [0.4, 0.5) is 11.4 Å². The van der Waals surface area contributed by atoms with Gasteiger partial charge in [0, 0.05) is 24.1 Å². The molecular formula is C30H30N2O2. The van der Waals surface area contributed by atoms with Gasteiger partial charge in [0.05, 0.1) is 17.4 Å². The molecular weight excluding hydrogens is 420 g/mol. The van der Waals surface area contributed by atoms with Crippen molar-refractivity contribution in [3.05, 3.63) is 106 Å². The van der Waals surface area contributed by atoms with Gasteiger partial charge < -0.3 is 5.32 Å². The topological polar surface area (TPSA) is 49.4 Å². The number of nitrogens with one attached hydrogen (secondary N) is 1. The predicted octanol–water partition coefficient (Wildman–Crippen LogP) is 6.61. The molecule has 2 aliphatic rings. The number of nitrogens with zero attached hydrogens (tertiary/aromatic N) is 1. The number of anilines is 2. The Morgan fingerprint density at radius 1 is 0.882 bits per heavy atom. The fourth-order valence-electron chi connectivity index (χ4n) is 5.17. The van der Waals surface area contributed by atoms with E-state index in [1.807, 2.05) is 55.1 Å². The van der Waals surface area contributed by atoms with E-state index in [1.165, 1.54) is 11.1 Å². The Hall–Kier alpha value is -3.66. The zero-order chi connectivity index (χ0) is 23.8. The number of ketones is 1. The molecule has 2 atom stereocenters. The lowest BCUT2D eigenvalue weighted by atomic mass is 9.78. The van der Waals surface area contributed by atoms with Gasteiger partial charge in [0.25, 0.3) is 0 Å². The molecule has 1 N–H and O–H groups in total. The summed E-state index contributed by atoms with van der Waals surface area (Å²) in [5.41, 5.74) is 7.81. The molecule has 3 aromatic rings. The Morgan fingerprint density at radius 3 is 2.15 bits per heavy atom. The Bertz CT molecular complexity index is 1270. The van der Waals surface area contributed by atoms with Gasteiger partial charge >= 0.3 is 0 Å². The highest BCUT2D eigenvalue weighted by Crippen LogP contribution is 2.47. The maximum Gasteiger partial charge on any atom is 0.227 e. The molecule has 172 valence electrons. The Labute approximate surface area is 201 Å². The maximum absolute atomic E-state index is 13.9. The Kier molecular flexibility index (Phi) is 5.82. The van der Waals surface area contributed by atoms with Crippen LogP contribution in [0, 0.1) is 13.8 Å². The maximum atomic E-state index is 13.9. The van der Waals surface area contributed by atoms with Crippen molar-refractivity contribution in [3.8, 4) is 0 Å². The van der Waals surface area contributed by atoms with Crippen LogP contribution in [0.2, 0.25) is 0 Å². The normalized spacial score (nSPS) is 19.7. The summed E-state index contributed by atoms with van der Waals surface area (Å²) < 4.78 is 0. The summed E-state index contributed by atoms with van der Waals surface area (Å²) in [4.78, 5) is 29.1. The zero-order valence-electron chi connectivity index (χ0n) is 20.0. The average Bonchev–Trinajstić information content (AvgIpc) is 2.99. The minimum atomic E-state index is -0.453. The van der Waals surface area contributed by atoms with E-state index in [0.29, 0.717) is 18.4 Å². The molecule has 0 fully saturated rings. The average molecular weight is 451 g/mol. The number of rotatable bonds is 3. The van der Waals surface area contributed by atoms with Crippen molar-refractivity contribution in [1.82, 2.24) is 0 Å². The van der Waals surface area contributed by atoms with E-state index in [1.54, 1.807) is 0 Å². The summed E-state index contributed by atoms with van der Waals surface area (Å²) in [5.74, 6) is 0.215. The molecule has 4 nitrogen and oxygen atoms in total. The lowest BCUT2D eigenvalue weighted by Gasteiger charge is -2.35. The van der Waals surface area contributed by atoms with Gasteiger partial charge in [-0.2, -0.15) is 0 Å². The number of amides is 1. The first-order valence-corrected chi connectivity index (χ1v) is 12.0. The molecule has 4 heteroatoms. The van der Waals surface area contributed by atoms with E-state index in [9.17, 15) is 9.59 Å². The summed E-state index contributed by atoms with van der Waals surface area (Å²) in [5, 5.41) is 3.59. The molecule has 0 saturated heterocycles. The molecule has 0 unspecified atom stereocenters. The highest BCUT2D eigenvalue weighted by molar-refractivity contribution is 6.06. The Morgan fingerprint density at radius 2 is 1.50 bits per heavy atom. The van der Waals surface area contributed by atoms with E-state index in [2.05, 4.69) is 48.6 Å². The van der Waals surface area contributed by atoms with Gasteiger partial charge in [-0.15, -0.1) is 0 Å². The molecule has 1 aliphatic heterocycles. The van der Waals surface area contributed by atoms with Crippen molar-refractivity contribution in [2.24, 2.45) is 0 Å². The van der Waals surface area contributed by atoms with Gasteiger partial charge in [-0.1, -0.05) is 78.7 Å². The largest absolute Gasteiger partial charge is 0.357 e. The number of Topliss-reactive ketones (excluding diaryl/α,β-unsaturated/α-hetero) is 1. The van der Waals surface area contributed by atoms with Crippen LogP contribution in [-0.2, 0) is 9.59 Å². The number of hydrogen-bond donors (Lipinski definition) is 1. The quantitative estimate of drug-likeness (QED) is 0.488. The van der Waals surface area contributed by atoms with Crippen LogP contribution in [0.1, 0.15) is 60.4 Å². The third-order valence-corrected chi connectivity index (χ3v) is 7.00. The number of hydrogen-bond acceptors (Lipinski definition) is 3. The molecule has 0 spiro atoms. The van der Waals surface area contributed by atoms with Crippen LogP contribution in [0.25, 0.3) is 0 Å². The number of fused-ring (bicyclic) bond motifs is 1. The smallest absolute Gasteiger partial charge is 0.227 e. The molecule has 0 aromatic heterocycles. The van der Waals surface area contributed by atoms with Crippen molar-refractivity contribution in [1.29, 1.82) is 0 Å². The predicted molar refractivity (Wildman–Crippen MR) is 137 cm³/mol. The highest BCUT2D eigenvalue weighted by atomic mass is 16.2. The molecule has 0 bridgehead atoms. The Balaban J connectivity index is 1.69. The first-order valence-electron chi connectivity index (χ1n) is 12.0. The van der Waals surface area contributed by atoms with Crippen LogP contribution in [0.3, 0.4) is 0 Å². The molecule has 34 heavy (non-hydrogen) atoms. The number of carbonyl (C=O) groups is 2. The minimum Gasteiger partial charge on any atom is -0.357 e. The first-order chi connectivity index (χ1) is 16.5. The first kappa shape index (κ1) is 22.1. The van der Waals surface area contributed by atoms with E-state index in [4.69, 9.17) is 0 Å². The summed E-state index contributed by atoms with van der Waals surface area (Å²) in [6, 6.07) is 24.1. The van der Waals surface area contributed by atoms with Crippen LogP contribution >= 0.6 is 0 Å². The lowest BCUT2D eigenvalue weighted by molar-refractivity contribution is -0.119. The van der Waals surface area contributed by atoms with Crippen molar-refractivity contribution < 1.29 is 9.59 Å². The van der Waals surface area contributed by atoms with Crippen LogP contribution in [0.15, 0.2) is 84.1 Å². The summed E-state index contributed by atoms with van der Waals surface area (Å²) in [7, 11) is 0. The van der Waals surface area contributed by atoms with Gasteiger partial charge in [0.15, 0.2) is 5.78 Å². The molecule has 1 amide bonds. The molecule has 1 heterocycles. The lowest BCUT2D eigenvalue weighted by Crippen LogP contribution is -2.38. The van der Waals surface area contributed by atoms with Gasteiger partial charge in [0.2, 0.25) is 5.91 Å². The third-order valence-electron chi connectivity index (χ3n) is 7.00. The number of allylic oxidation sites excluding steroid dienone is 1. The number of carbonyl (C=O) groups excluding carboxylic acids is 2. The SMILES string of the molecule is CCC(=O)N1c2ccccc2NC2=C(C(=O)C[C@@H](c3ccc(C)cc3)C2)[C@H]1c1ccc(C)cc1. The van der Waals surface area contributed by atoms with E-state index < -0.39 is 6.04 Å². The van der Waals surface area contributed by atoms with Crippen molar-refractivity contribution >= 4 is 23.1 Å². The fraction of sp³-hybridized carbons (Fsp3) is 0.267. The van der Waals surface area contributed by atoms with Crippen molar-refractivity contribution in [3.63, 3.8) is 0 Å². The van der Waals surface area contributed by atoms with E-state index >= 15 is 0 Å². The van der Waals surface area contributed by atoms with Crippen molar-refractivity contribution in [2.75, 3.05) is 10.2 Å². The number of para-hydroxylation sites is 2. The van der Waals surface area contributed by atoms with E-state index in [0.717, 1.165) is 34.6 Å². The van der Waals surface area contributed by atoms with Crippen LogP contribution in [-0.4, -0.2) is 11.7 Å². The molecule has 0 radical (unpaired) electrons. The summed E-state index contributed by atoms with van der Waals surface area (Å²) >= 11 is 0. The minimum absolute atomic E-state index is 0.00188. The standard InChI is InChI=1S/C30H30N2O2/c1-4-28(34)32-26-8-6-5-7-24(26)31-25-17-23(21-13-9-19(2)10-14-21)18-27(33)29(25)30(32)22-15-11-20(3)12-16-22/h5-16,23,30-31H,4,17-18H2,1-3H3/t23-,30+/m0/s1. The third kappa shape index (κ3) is 3.94. The second-order valence-electron chi connectivity index (χ2n) is 9.40. The molecule has 1 aliphatic carbocycles. The van der Waals surface area contributed by atoms with Gasteiger partial charge in [-0.05, 0) is 49.4 Å². The van der Waals surface area contributed by atoms with Crippen LogP contribution < -0.4 is 10.2 Å². The van der Waals surface area contributed by atoms with Gasteiger partial charge in [-0.3, -0.25) is 14.5 Å². The fourth-order valence-corrected chi connectivity index (χ4v) is 5.17.